The number of fused-ring (bicyclic) bond motifs is 1. The second-order valence-electron chi connectivity index (χ2n) is 6.98. The minimum absolute atomic E-state index is 0.117. The molecule has 0 saturated carbocycles. The Hall–Kier alpha value is -2.92. The summed E-state index contributed by atoms with van der Waals surface area (Å²) >= 11 is 6.27. The van der Waals surface area contributed by atoms with E-state index in [2.05, 4.69) is 16.5 Å². The number of para-hydroxylation sites is 1. The molecule has 142 valence electrons. The molecule has 1 N–H and O–H groups in total. The van der Waals surface area contributed by atoms with Crippen molar-refractivity contribution in [2.24, 2.45) is 0 Å². The van der Waals surface area contributed by atoms with Gasteiger partial charge in [-0.15, -0.1) is 0 Å². The zero-order valence-corrected chi connectivity index (χ0v) is 16.2. The Morgan fingerprint density at radius 2 is 1.93 bits per heavy atom. The lowest BCUT2D eigenvalue weighted by molar-refractivity contribution is 0.0924. The van der Waals surface area contributed by atoms with E-state index in [1.165, 1.54) is 16.3 Å². The van der Waals surface area contributed by atoms with E-state index < -0.39 is 11.3 Å². The molecule has 28 heavy (non-hydrogen) atoms. The smallest absolute Gasteiger partial charge is 0.276 e. The Bertz CT molecular complexity index is 1110. The monoisotopic (exact) mass is 393 g/mol. The van der Waals surface area contributed by atoms with Gasteiger partial charge in [-0.05, 0) is 49.4 Å². The summed E-state index contributed by atoms with van der Waals surface area (Å²) in [5.41, 5.74) is 3.05. The largest absolute Gasteiger partial charge is 0.344 e. The molecule has 1 heterocycles. The first-order chi connectivity index (χ1) is 13.5. The van der Waals surface area contributed by atoms with E-state index in [1.54, 1.807) is 19.1 Å². The van der Waals surface area contributed by atoms with Crippen LogP contribution in [0.5, 0.6) is 0 Å². The number of rotatable bonds is 3. The number of hydrogen-bond acceptors (Lipinski definition) is 3. The third-order valence-corrected chi connectivity index (χ3v) is 5.40. The van der Waals surface area contributed by atoms with Crippen LogP contribution in [0.3, 0.4) is 0 Å². The molecule has 1 aliphatic rings. The number of benzene rings is 2. The van der Waals surface area contributed by atoms with Gasteiger partial charge in [0.15, 0.2) is 5.69 Å². The molecule has 1 aliphatic carbocycles. The predicted molar refractivity (Wildman–Crippen MR) is 109 cm³/mol. The molecule has 1 aromatic heterocycles. The summed E-state index contributed by atoms with van der Waals surface area (Å²) in [6.45, 7) is 1.76. The first kappa shape index (κ1) is 18.4. The quantitative estimate of drug-likeness (QED) is 0.731. The molecule has 0 radical (unpaired) electrons. The van der Waals surface area contributed by atoms with E-state index in [-0.39, 0.29) is 11.7 Å². The number of carbonyl (C=O) groups excluding carboxylic acids is 1. The van der Waals surface area contributed by atoms with Crippen molar-refractivity contribution < 1.29 is 4.79 Å². The molecular formula is C22H20ClN3O2. The highest BCUT2D eigenvalue weighted by Gasteiger charge is 2.24. The van der Waals surface area contributed by atoms with Crippen LogP contribution in [0.1, 0.15) is 46.2 Å². The highest BCUT2D eigenvalue weighted by molar-refractivity contribution is 6.32. The average Bonchev–Trinajstić information content (AvgIpc) is 2.69. The van der Waals surface area contributed by atoms with Gasteiger partial charge in [-0.3, -0.25) is 9.59 Å². The molecule has 0 fully saturated rings. The Labute approximate surface area is 168 Å². The van der Waals surface area contributed by atoms with Gasteiger partial charge >= 0.3 is 0 Å². The summed E-state index contributed by atoms with van der Waals surface area (Å²) < 4.78 is 1.54. The van der Waals surface area contributed by atoms with Crippen LogP contribution < -0.4 is 10.7 Å². The Balaban J connectivity index is 1.68. The van der Waals surface area contributed by atoms with Gasteiger partial charge in [0.25, 0.3) is 5.91 Å². The van der Waals surface area contributed by atoms with Gasteiger partial charge in [0.05, 0.1) is 16.8 Å². The van der Waals surface area contributed by atoms with E-state index >= 15 is 0 Å². The summed E-state index contributed by atoms with van der Waals surface area (Å²) in [7, 11) is 0. The summed E-state index contributed by atoms with van der Waals surface area (Å²) in [5.74, 6) is -0.465. The van der Waals surface area contributed by atoms with E-state index in [1.807, 2.05) is 30.3 Å². The summed E-state index contributed by atoms with van der Waals surface area (Å²) in [6, 6.07) is 16.6. The van der Waals surface area contributed by atoms with Gasteiger partial charge in [-0.25, -0.2) is 4.68 Å². The molecular weight excluding hydrogens is 374 g/mol. The van der Waals surface area contributed by atoms with Gasteiger partial charge in [0.2, 0.25) is 5.43 Å². The molecule has 0 unspecified atom stereocenters. The molecule has 3 aromatic rings. The maximum atomic E-state index is 12.9. The zero-order chi connectivity index (χ0) is 19.7. The molecule has 1 amide bonds. The molecule has 5 nitrogen and oxygen atoms in total. The maximum absolute atomic E-state index is 12.9. The van der Waals surface area contributed by atoms with Crippen molar-refractivity contribution in [3.63, 3.8) is 0 Å². The number of halogens is 1. The minimum atomic E-state index is -0.465. The van der Waals surface area contributed by atoms with E-state index in [4.69, 9.17) is 11.6 Å². The number of aryl methyl sites for hydroxylation is 2. The molecule has 4 rings (SSSR count). The van der Waals surface area contributed by atoms with Crippen LogP contribution in [0.2, 0.25) is 5.02 Å². The minimum Gasteiger partial charge on any atom is -0.344 e. The van der Waals surface area contributed by atoms with Crippen LogP contribution in [-0.2, 0) is 6.42 Å². The fourth-order valence-electron chi connectivity index (χ4n) is 3.70. The van der Waals surface area contributed by atoms with E-state index in [0.717, 1.165) is 24.8 Å². The lowest BCUT2D eigenvalue weighted by atomic mass is 9.87. The van der Waals surface area contributed by atoms with Crippen LogP contribution in [0, 0.1) is 6.92 Å². The van der Waals surface area contributed by atoms with Gasteiger partial charge < -0.3 is 5.32 Å². The third kappa shape index (κ3) is 3.45. The SMILES string of the molecule is Cc1cc(=O)c(C(=O)N[C@H]2CCCc3ccccc32)nn1-c1ccccc1Cl. The topological polar surface area (TPSA) is 64.0 Å². The van der Waals surface area contributed by atoms with Crippen LogP contribution in [0.15, 0.2) is 59.4 Å². The first-order valence-corrected chi connectivity index (χ1v) is 9.67. The van der Waals surface area contributed by atoms with Crippen LogP contribution in [0.25, 0.3) is 5.69 Å². The number of carbonyl (C=O) groups is 1. The molecule has 1 atom stereocenters. The van der Waals surface area contributed by atoms with Gasteiger partial charge in [-0.2, -0.15) is 5.10 Å². The summed E-state index contributed by atoms with van der Waals surface area (Å²) in [5, 5.41) is 7.82. The van der Waals surface area contributed by atoms with E-state index in [0.29, 0.717) is 16.4 Å². The number of nitrogens with one attached hydrogen (secondary N) is 1. The van der Waals surface area contributed by atoms with Gasteiger partial charge in [0, 0.05) is 11.8 Å². The van der Waals surface area contributed by atoms with Crippen LogP contribution >= 0.6 is 11.6 Å². The fourth-order valence-corrected chi connectivity index (χ4v) is 3.92. The molecule has 6 heteroatoms. The van der Waals surface area contributed by atoms with E-state index in [9.17, 15) is 9.59 Å². The standard InChI is InChI=1S/C22H20ClN3O2/c1-14-13-20(27)21(25-26(14)19-12-5-4-10-17(19)23)22(28)24-18-11-6-8-15-7-2-3-9-16(15)18/h2-5,7,9-10,12-13,18H,6,8,11H2,1H3,(H,24,28)/t18-/m0/s1. The number of amides is 1. The predicted octanol–water partition coefficient (Wildman–Crippen LogP) is 4.00. The Morgan fingerprint density at radius 3 is 2.75 bits per heavy atom. The highest BCUT2D eigenvalue weighted by atomic mass is 35.5. The molecule has 0 spiro atoms. The number of hydrogen-bond donors (Lipinski definition) is 1. The molecule has 2 aromatic carbocycles. The van der Waals surface area contributed by atoms with Gasteiger partial charge in [-0.1, -0.05) is 48.0 Å². The van der Waals surface area contributed by atoms with Crippen molar-refractivity contribution >= 4 is 17.5 Å². The molecule has 0 saturated heterocycles. The van der Waals surface area contributed by atoms with Gasteiger partial charge in [0.1, 0.15) is 0 Å². The van der Waals surface area contributed by atoms with Crippen LogP contribution in [-0.4, -0.2) is 15.7 Å². The fraction of sp³-hybridized carbons (Fsp3) is 0.227. The Morgan fingerprint density at radius 1 is 1.18 bits per heavy atom. The zero-order valence-electron chi connectivity index (χ0n) is 15.5. The lowest BCUT2D eigenvalue weighted by Crippen LogP contribution is -2.35. The first-order valence-electron chi connectivity index (χ1n) is 9.29. The average molecular weight is 394 g/mol. The maximum Gasteiger partial charge on any atom is 0.276 e. The van der Waals surface area contributed by atoms with Crippen molar-refractivity contribution in [3.8, 4) is 5.69 Å². The van der Waals surface area contributed by atoms with Crippen LogP contribution in [0.4, 0.5) is 0 Å². The number of nitrogens with zero attached hydrogens (tertiary/aromatic N) is 2. The van der Waals surface area contributed by atoms with Crippen molar-refractivity contribution in [1.29, 1.82) is 0 Å². The number of aromatic nitrogens is 2. The molecule has 0 bridgehead atoms. The van der Waals surface area contributed by atoms with Crippen molar-refractivity contribution in [1.82, 2.24) is 15.1 Å². The second-order valence-corrected chi connectivity index (χ2v) is 7.39. The van der Waals surface area contributed by atoms with Crippen molar-refractivity contribution in [2.45, 2.75) is 32.2 Å². The van der Waals surface area contributed by atoms with Crippen molar-refractivity contribution in [3.05, 3.63) is 92.4 Å². The normalized spacial score (nSPS) is 15.7. The molecule has 0 aliphatic heterocycles. The lowest BCUT2D eigenvalue weighted by Gasteiger charge is -2.26. The summed E-state index contributed by atoms with van der Waals surface area (Å²) in [6.07, 6.45) is 2.84. The third-order valence-electron chi connectivity index (χ3n) is 5.08. The highest BCUT2D eigenvalue weighted by Crippen LogP contribution is 2.29. The Kier molecular flexibility index (Phi) is 5.01. The second kappa shape index (κ2) is 7.60. The van der Waals surface area contributed by atoms with Crippen molar-refractivity contribution in [2.75, 3.05) is 0 Å². The summed E-state index contributed by atoms with van der Waals surface area (Å²) in [4.78, 5) is 25.4.